The van der Waals surface area contributed by atoms with Crippen molar-refractivity contribution >= 4 is 5.91 Å². The molecule has 0 aromatic carbocycles. The molecule has 23 heavy (non-hydrogen) atoms. The van der Waals surface area contributed by atoms with Crippen LogP contribution in [0.5, 0.6) is 0 Å². The van der Waals surface area contributed by atoms with Crippen LogP contribution >= 0.6 is 0 Å². The van der Waals surface area contributed by atoms with Crippen LogP contribution in [0.15, 0.2) is 36.9 Å². The number of hydrogen-bond acceptors (Lipinski definition) is 4. The van der Waals surface area contributed by atoms with Gasteiger partial charge >= 0.3 is 0 Å². The van der Waals surface area contributed by atoms with Crippen molar-refractivity contribution in [2.24, 2.45) is 5.92 Å². The average molecular weight is 314 g/mol. The predicted octanol–water partition coefficient (Wildman–Crippen LogP) is 1.52. The number of amides is 1. The van der Waals surface area contributed by atoms with E-state index in [9.17, 15) is 4.79 Å². The van der Waals surface area contributed by atoms with E-state index in [0.29, 0.717) is 32.7 Å². The molecular formula is C17H22N4O2. The fraction of sp³-hybridized carbons (Fsp3) is 0.471. The van der Waals surface area contributed by atoms with E-state index in [0.717, 1.165) is 17.9 Å². The van der Waals surface area contributed by atoms with E-state index >= 15 is 0 Å². The molecule has 0 N–H and O–H groups in total. The third kappa shape index (κ3) is 3.96. The number of nitrogens with zero attached hydrogens (tertiary/aromatic N) is 4. The van der Waals surface area contributed by atoms with Crippen LogP contribution in [-0.2, 0) is 29.0 Å². The maximum atomic E-state index is 12.7. The van der Waals surface area contributed by atoms with Crippen LogP contribution in [0.1, 0.15) is 18.3 Å². The highest BCUT2D eigenvalue weighted by atomic mass is 16.5. The van der Waals surface area contributed by atoms with Crippen molar-refractivity contribution < 1.29 is 9.53 Å². The number of carbonyl (C=O) groups is 1. The zero-order chi connectivity index (χ0) is 16.1. The maximum Gasteiger partial charge on any atom is 0.228 e. The molecule has 1 amide bonds. The highest BCUT2D eigenvalue weighted by Gasteiger charge is 2.25. The van der Waals surface area contributed by atoms with Gasteiger partial charge in [-0.25, -0.2) is 4.98 Å². The number of ether oxygens (including phenoxy) is 1. The molecule has 0 bridgehead atoms. The van der Waals surface area contributed by atoms with Gasteiger partial charge in [-0.3, -0.25) is 9.78 Å². The summed E-state index contributed by atoms with van der Waals surface area (Å²) < 4.78 is 7.71. The highest BCUT2D eigenvalue weighted by Crippen LogP contribution is 2.17. The molecule has 3 heterocycles. The molecule has 0 spiro atoms. The number of carbonyl (C=O) groups excluding carboxylic acids is 1. The molecule has 0 radical (unpaired) electrons. The zero-order valence-electron chi connectivity index (χ0n) is 13.4. The van der Waals surface area contributed by atoms with Gasteiger partial charge < -0.3 is 14.2 Å². The highest BCUT2D eigenvalue weighted by molar-refractivity contribution is 5.78. The van der Waals surface area contributed by atoms with Crippen molar-refractivity contribution in [1.29, 1.82) is 0 Å². The molecule has 1 aliphatic heterocycles. The van der Waals surface area contributed by atoms with Crippen molar-refractivity contribution in [3.05, 3.63) is 48.3 Å². The lowest BCUT2D eigenvalue weighted by molar-refractivity contribution is -0.132. The Labute approximate surface area is 136 Å². The Morgan fingerprint density at radius 1 is 1.39 bits per heavy atom. The molecule has 1 aliphatic rings. The summed E-state index contributed by atoms with van der Waals surface area (Å²) in [6.07, 6.45) is 5.72. The van der Waals surface area contributed by atoms with Crippen molar-refractivity contribution in [3.8, 4) is 0 Å². The van der Waals surface area contributed by atoms with E-state index in [1.807, 2.05) is 42.5 Å². The number of fused-ring (bicyclic) bond motifs is 1. The Morgan fingerprint density at radius 3 is 3.09 bits per heavy atom. The van der Waals surface area contributed by atoms with Crippen molar-refractivity contribution in [2.75, 3.05) is 19.8 Å². The summed E-state index contributed by atoms with van der Waals surface area (Å²) in [5, 5.41) is 0. The summed E-state index contributed by atoms with van der Waals surface area (Å²) >= 11 is 0. The first-order chi connectivity index (χ1) is 11.3. The van der Waals surface area contributed by atoms with E-state index in [1.54, 1.807) is 6.20 Å². The van der Waals surface area contributed by atoms with Gasteiger partial charge in [0.25, 0.3) is 0 Å². The largest absolute Gasteiger partial charge is 0.381 e. The second kappa shape index (κ2) is 7.37. The number of hydrogen-bond donors (Lipinski definition) is 0. The second-order valence-corrected chi connectivity index (χ2v) is 5.83. The van der Waals surface area contributed by atoms with E-state index in [4.69, 9.17) is 4.74 Å². The van der Waals surface area contributed by atoms with E-state index in [1.165, 1.54) is 0 Å². The quantitative estimate of drug-likeness (QED) is 0.839. The standard InChI is InChI=1S/C17H22N4O2/c1-2-23-12-14-9-20(11-16-8-18-13-21(16)10-14)17(22)7-15-5-3-4-6-19-15/h3-6,8,13-14H,2,7,9-12H2,1H3/t14-/m0/s1. The molecule has 2 aromatic rings. The topological polar surface area (TPSA) is 60.2 Å². The maximum absolute atomic E-state index is 12.7. The minimum Gasteiger partial charge on any atom is -0.381 e. The van der Waals surface area contributed by atoms with E-state index < -0.39 is 0 Å². The lowest BCUT2D eigenvalue weighted by atomic mass is 10.1. The van der Waals surface area contributed by atoms with Gasteiger partial charge in [0, 0.05) is 43.7 Å². The summed E-state index contributed by atoms with van der Waals surface area (Å²) in [6.45, 7) is 5.46. The molecule has 0 unspecified atom stereocenters. The lowest BCUT2D eigenvalue weighted by Crippen LogP contribution is -2.36. The molecule has 0 aliphatic carbocycles. The number of rotatable bonds is 5. The van der Waals surface area contributed by atoms with Crippen LogP contribution in [0.4, 0.5) is 0 Å². The normalized spacial score (nSPS) is 17.6. The second-order valence-electron chi connectivity index (χ2n) is 5.83. The molecule has 122 valence electrons. The summed E-state index contributed by atoms with van der Waals surface area (Å²) in [5.41, 5.74) is 1.87. The minimum absolute atomic E-state index is 0.0971. The molecule has 0 saturated carbocycles. The van der Waals surface area contributed by atoms with Crippen LogP contribution in [0.25, 0.3) is 0 Å². The van der Waals surface area contributed by atoms with Crippen molar-refractivity contribution in [3.63, 3.8) is 0 Å². The Bertz CT molecular complexity index is 641. The molecule has 0 fully saturated rings. The third-order valence-corrected chi connectivity index (χ3v) is 4.05. The number of imidazole rings is 1. The zero-order valence-corrected chi connectivity index (χ0v) is 13.4. The van der Waals surface area contributed by atoms with Gasteiger partial charge in [-0.15, -0.1) is 0 Å². The molecular weight excluding hydrogens is 292 g/mol. The Kier molecular flexibility index (Phi) is 5.02. The fourth-order valence-electron chi connectivity index (χ4n) is 2.90. The third-order valence-electron chi connectivity index (χ3n) is 4.05. The lowest BCUT2D eigenvalue weighted by Gasteiger charge is -2.24. The first kappa shape index (κ1) is 15.7. The van der Waals surface area contributed by atoms with Crippen LogP contribution in [0.2, 0.25) is 0 Å². The van der Waals surface area contributed by atoms with E-state index in [2.05, 4.69) is 14.5 Å². The van der Waals surface area contributed by atoms with Gasteiger partial charge in [-0.1, -0.05) is 6.07 Å². The average Bonchev–Trinajstić information content (AvgIpc) is 2.92. The summed E-state index contributed by atoms with van der Waals surface area (Å²) in [6, 6.07) is 5.65. The molecule has 6 heteroatoms. The molecule has 3 rings (SSSR count). The first-order valence-electron chi connectivity index (χ1n) is 8.00. The first-order valence-corrected chi connectivity index (χ1v) is 8.00. The van der Waals surface area contributed by atoms with Gasteiger partial charge in [-0.05, 0) is 19.1 Å². The predicted molar refractivity (Wildman–Crippen MR) is 85.6 cm³/mol. The number of aromatic nitrogens is 3. The summed E-state index contributed by atoms with van der Waals surface area (Å²) in [5.74, 6) is 0.373. The van der Waals surface area contributed by atoms with Crippen LogP contribution in [0.3, 0.4) is 0 Å². The van der Waals surface area contributed by atoms with Crippen LogP contribution in [0, 0.1) is 5.92 Å². The van der Waals surface area contributed by atoms with Crippen molar-refractivity contribution in [2.45, 2.75) is 26.4 Å². The van der Waals surface area contributed by atoms with Gasteiger partial charge in [0.05, 0.1) is 31.6 Å². The fourth-order valence-corrected chi connectivity index (χ4v) is 2.90. The Hall–Kier alpha value is -2.21. The van der Waals surface area contributed by atoms with Gasteiger partial charge in [0.15, 0.2) is 0 Å². The monoisotopic (exact) mass is 314 g/mol. The van der Waals surface area contributed by atoms with Crippen molar-refractivity contribution in [1.82, 2.24) is 19.4 Å². The Balaban J connectivity index is 1.73. The van der Waals surface area contributed by atoms with Crippen LogP contribution in [-0.4, -0.2) is 45.1 Å². The summed E-state index contributed by atoms with van der Waals surface area (Å²) in [4.78, 5) is 23.0. The smallest absolute Gasteiger partial charge is 0.228 e. The van der Waals surface area contributed by atoms with E-state index in [-0.39, 0.29) is 11.8 Å². The Morgan fingerprint density at radius 2 is 2.30 bits per heavy atom. The molecule has 6 nitrogen and oxygen atoms in total. The van der Waals surface area contributed by atoms with Crippen LogP contribution < -0.4 is 0 Å². The SMILES string of the molecule is CCOC[C@H]1CN(C(=O)Cc2ccccn2)Cc2cncn2C1. The summed E-state index contributed by atoms with van der Waals surface area (Å²) in [7, 11) is 0. The van der Waals surface area contributed by atoms with Gasteiger partial charge in [-0.2, -0.15) is 0 Å². The molecule has 0 saturated heterocycles. The number of pyridine rings is 1. The van der Waals surface area contributed by atoms with Gasteiger partial charge in [0.1, 0.15) is 0 Å². The molecule has 2 aromatic heterocycles. The minimum atomic E-state index is 0.0971. The molecule has 1 atom stereocenters. The van der Waals surface area contributed by atoms with Gasteiger partial charge in [0.2, 0.25) is 5.91 Å².